The topological polar surface area (TPSA) is 139 Å². The third-order valence-corrected chi connectivity index (χ3v) is 9.74. The van der Waals surface area contributed by atoms with Gasteiger partial charge in [0, 0.05) is 10.4 Å². The molecule has 244 valence electrons. The van der Waals surface area contributed by atoms with Crippen LogP contribution >= 0.6 is 23.4 Å². The van der Waals surface area contributed by atoms with E-state index in [0.717, 1.165) is 6.07 Å². The van der Waals surface area contributed by atoms with Gasteiger partial charge in [-0.3, -0.25) is 24.0 Å². The van der Waals surface area contributed by atoms with Crippen LogP contribution in [0.25, 0.3) is 17.0 Å². The molecule has 0 bridgehead atoms. The molecule has 2 aliphatic heterocycles. The summed E-state index contributed by atoms with van der Waals surface area (Å²) in [5.74, 6) is -1.92. The van der Waals surface area contributed by atoms with Crippen molar-refractivity contribution in [2.24, 2.45) is 0 Å². The van der Waals surface area contributed by atoms with Gasteiger partial charge in [0.2, 0.25) is 0 Å². The molecule has 0 saturated carbocycles. The molecule has 18 heteroatoms. The fourth-order valence-corrected chi connectivity index (χ4v) is 7.13. The number of fused-ring (bicyclic) bond motifs is 1. The Labute approximate surface area is 269 Å². The van der Waals surface area contributed by atoms with E-state index in [-0.39, 0.29) is 35.1 Å². The van der Waals surface area contributed by atoms with E-state index < -0.39 is 57.2 Å². The molecule has 0 aliphatic carbocycles. The summed E-state index contributed by atoms with van der Waals surface area (Å²) in [5, 5.41) is 3.89. The second-order valence-electron chi connectivity index (χ2n) is 11.2. The number of halogens is 4. The maximum atomic E-state index is 13.6. The minimum absolute atomic E-state index is 0.0338. The molecule has 0 radical (unpaired) electrons. The molecule has 12 nitrogen and oxygen atoms in total. The van der Waals surface area contributed by atoms with Crippen molar-refractivity contribution >= 4 is 73.7 Å². The molecule has 2 aromatic carbocycles. The number of aromatic nitrogens is 2. The SMILES string of the molecule is CC(C)(C)OC(=O)N1CCN(C(=O)CN2C(=O)S/C(=C\c3ccc4c(cnn4Cc4ccc(Cl)cc4C(F)(F)F)c3)C2=O)S1(=O)=O. The summed E-state index contributed by atoms with van der Waals surface area (Å²) in [4.78, 5) is 51.5. The average Bonchev–Trinajstić information content (AvgIpc) is 3.56. The van der Waals surface area contributed by atoms with E-state index in [9.17, 15) is 40.8 Å². The lowest BCUT2D eigenvalue weighted by atomic mass is 10.1. The number of carbonyl (C=O) groups is 4. The van der Waals surface area contributed by atoms with E-state index in [1.165, 1.54) is 29.1 Å². The van der Waals surface area contributed by atoms with E-state index >= 15 is 0 Å². The highest BCUT2D eigenvalue weighted by Crippen LogP contribution is 2.35. The molecule has 5 rings (SSSR count). The minimum Gasteiger partial charge on any atom is -0.443 e. The van der Waals surface area contributed by atoms with Crippen molar-refractivity contribution in [1.82, 2.24) is 23.3 Å². The molecule has 46 heavy (non-hydrogen) atoms. The van der Waals surface area contributed by atoms with Crippen molar-refractivity contribution in [2.75, 3.05) is 19.6 Å². The molecule has 0 atom stereocenters. The van der Waals surface area contributed by atoms with E-state index in [1.54, 1.807) is 39.0 Å². The van der Waals surface area contributed by atoms with Gasteiger partial charge in [0.15, 0.2) is 0 Å². The molecular formula is C28H25ClF3N5O7S2. The summed E-state index contributed by atoms with van der Waals surface area (Å²) >= 11 is 6.32. The summed E-state index contributed by atoms with van der Waals surface area (Å²) < 4.78 is 73.7. The van der Waals surface area contributed by atoms with Gasteiger partial charge < -0.3 is 4.74 Å². The van der Waals surface area contributed by atoms with Crippen LogP contribution in [-0.4, -0.2) is 80.1 Å². The third-order valence-electron chi connectivity index (χ3n) is 6.77. The van der Waals surface area contributed by atoms with Gasteiger partial charge in [0.25, 0.3) is 17.1 Å². The van der Waals surface area contributed by atoms with Crippen LogP contribution in [0.3, 0.4) is 0 Å². The van der Waals surface area contributed by atoms with Crippen LogP contribution in [0.1, 0.15) is 37.5 Å². The predicted octanol–water partition coefficient (Wildman–Crippen LogP) is 5.12. The Bertz CT molecular complexity index is 1920. The number of amides is 4. The number of thioether (sulfide) groups is 1. The van der Waals surface area contributed by atoms with Gasteiger partial charge in [-0.1, -0.05) is 23.7 Å². The molecule has 0 N–H and O–H groups in total. The number of carbonyl (C=O) groups excluding carboxylic acids is 4. The molecule has 0 spiro atoms. The number of rotatable bonds is 5. The van der Waals surface area contributed by atoms with Crippen LogP contribution in [0.2, 0.25) is 5.02 Å². The molecule has 2 saturated heterocycles. The Kier molecular flexibility index (Phi) is 8.63. The molecule has 2 aliphatic rings. The first-order chi connectivity index (χ1) is 21.3. The summed E-state index contributed by atoms with van der Waals surface area (Å²) in [5.41, 5.74) is -0.931. The standard InChI is InChI=1S/C28H25ClF3N5O7S2/c1-27(2,3)44-25(40)37-9-8-36(46(37,42)43)23(38)15-34-24(39)22(45-26(34)41)11-16-4-7-21-18(10-16)13-33-35(21)14-17-5-6-19(29)12-20(17)28(30,31)32/h4-7,10-13H,8-9,14-15H2,1-3H3/b22-11-. The first kappa shape index (κ1) is 33.3. The molecule has 4 amide bonds. The Hall–Kier alpha value is -4.09. The number of hydrogen-bond donors (Lipinski definition) is 0. The maximum Gasteiger partial charge on any atom is 0.425 e. The van der Waals surface area contributed by atoms with Crippen molar-refractivity contribution in [2.45, 2.75) is 39.1 Å². The monoisotopic (exact) mass is 699 g/mol. The van der Waals surface area contributed by atoms with Gasteiger partial charge in [-0.2, -0.15) is 31.0 Å². The highest BCUT2D eigenvalue weighted by Gasteiger charge is 2.46. The predicted molar refractivity (Wildman–Crippen MR) is 162 cm³/mol. The van der Waals surface area contributed by atoms with Gasteiger partial charge in [0.1, 0.15) is 12.1 Å². The zero-order chi connectivity index (χ0) is 33.8. The zero-order valence-corrected chi connectivity index (χ0v) is 26.8. The lowest BCUT2D eigenvalue weighted by molar-refractivity contribution is -0.138. The van der Waals surface area contributed by atoms with Crippen LogP contribution in [0.5, 0.6) is 0 Å². The third kappa shape index (κ3) is 6.71. The summed E-state index contributed by atoms with van der Waals surface area (Å²) in [7, 11) is -4.59. The number of alkyl halides is 3. The van der Waals surface area contributed by atoms with E-state index in [2.05, 4.69) is 5.10 Å². The lowest BCUT2D eigenvalue weighted by Gasteiger charge is -2.24. The van der Waals surface area contributed by atoms with Crippen molar-refractivity contribution in [3.8, 4) is 0 Å². The first-order valence-electron chi connectivity index (χ1n) is 13.5. The largest absolute Gasteiger partial charge is 0.443 e. The Balaban J connectivity index is 1.30. The average molecular weight is 700 g/mol. The Morgan fingerprint density at radius 1 is 1.07 bits per heavy atom. The molecular weight excluding hydrogens is 675 g/mol. The Morgan fingerprint density at radius 2 is 1.76 bits per heavy atom. The van der Waals surface area contributed by atoms with Gasteiger partial charge in [-0.05, 0) is 74.0 Å². The van der Waals surface area contributed by atoms with Crippen LogP contribution in [-0.2, 0) is 37.3 Å². The zero-order valence-electron chi connectivity index (χ0n) is 24.4. The number of ether oxygens (including phenoxy) is 1. The van der Waals surface area contributed by atoms with Gasteiger partial charge in [-0.25, -0.2) is 9.10 Å². The fourth-order valence-electron chi connectivity index (χ4n) is 4.72. The summed E-state index contributed by atoms with van der Waals surface area (Å²) in [6, 6.07) is 8.29. The highest BCUT2D eigenvalue weighted by atomic mass is 35.5. The number of benzene rings is 2. The van der Waals surface area contributed by atoms with E-state index in [1.807, 2.05) is 0 Å². The van der Waals surface area contributed by atoms with Crippen LogP contribution < -0.4 is 0 Å². The van der Waals surface area contributed by atoms with Crippen molar-refractivity contribution in [1.29, 1.82) is 0 Å². The van der Waals surface area contributed by atoms with Gasteiger partial charge in [-0.15, -0.1) is 0 Å². The second-order valence-corrected chi connectivity index (χ2v) is 14.4. The molecule has 3 heterocycles. The lowest BCUT2D eigenvalue weighted by Crippen LogP contribution is -2.45. The van der Waals surface area contributed by atoms with E-state index in [4.69, 9.17) is 16.3 Å². The second kappa shape index (κ2) is 11.9. The number of nitrogens with zero attached hydrogens (tertiary/aromatic N) is 5. The maximum absolute atomic E-state index is 13.6. The van der Waals surface area contributed by atoms with Crippen LogP contribution in [0.4, 0.5) is 22.8 Å². The van der Waals surface area contributed by atoms with Crippen molar-refractivity contribution in [3.63, 3.8) is 0 Å². The van der Waals surface area contributed by atoms with E-state index in [0.29, 0.717) is 41.7 Å². The van der Waals surface area contributed by atoms with Crippen LogP contribution in [0, 0.1) is 0 Å². The first-order valence-corrected chi connectivity index (χ1v) is 16.1. The highest BCUT2D eigenvalue weighted by molar-refractivity contribution is 8.18. The van der Waals surface area contributed by atoms with Crippen LogP contribution in [0.15, 0.2) is 47.5 Å². The Morgan fingerprint density at radius 3 is 2.43 bits per heavy atom. The smallest absolute Gasteiger partial charge is 0.425 e. The van der Waals surface area contributed by atoms with Gasteiger partial charge in [0.05, 0.1) is 41.8 Å². The molecule has 2 fully saturated rings. The summed E-state index contributed by atoms with van der Waals surface area (Å²) in [6.45, 7) is 2.85. The molecule has 0 unspecified atom stereocenters. The normalized spacial score (nSPS) is 17.9. The molecule has 3 aromatic rings. The van der Waals surface area contributed by atoms with Crippen molar-refractivity contribution in [3.05, 3.63) is 69.2 Å². The van der Waals surface area contributed by atoms with Crippen molar-refractivity contribution < 1.29 is 45.5 Å². The number of imide groups is 1. The minimum atomic E-state index is -4.62. The van der Waals surface area contributed by atoms with Gasteiger partial charge >= 0.3 is 22.5 Å². The number of hydrogen-bond acceptors (Lipinski definition) is 9. The molecule has 1 aromatic heterocycles. The quantitative estimate of drug-likeness (QED) is 0.332. The summed E-state index contributed by atoms with van der Waals surface area (Å²) in [6.07, 6.45) is -2.94. The fraction of sp³-hybridized carbons (Fsp3) is 0.321.